The molecule has 4 aliphatic carbocycles. The first-order valence-corrected chi connectivity index (χ1v) is 11.1. The van der Waals surface area contributed by atoms with Gasteiger partial charge in [-0.25, -0.2) is 9.59 Å². The smallest absolute Gasteiger partial charge is 0.478 e. The van der Waals surface area contributed by atoms with Crippen molar-refractivity contribution in [1.29, 1.82) is 0 Å². The van der Waals surface area contributed by atoms with E-state index in [1.54, 1.807) is 13.0 Å². The second-order valence-electron chi connectivity index (χ2n) is 10.0. The molecule has 0 aromatic rings. The highest BCUT2D eigenvalue weighted by Gasteiger charge is 2.71. The van der Waals surface area contributed by atoms with Crippen LogP contribution in [0.25, 0.3) is 0 Å². The zero-order chi connectivity index (χ0) is 21.9. The lowest BCUT2D eigenvalue weighted by atomic mass is 9.45. The average Bonchev–Trinajstić information content (AvgIpc) is 2.95. The maximum absolute atomic E-state index is 12.5. The standard InChI is InChI=1S/C23H32O7/c1-4-29-20(28)30-23(19(26)27)10-8-16-15-6-5-13-11-14(24)7-9-21(13,2)18(15)17(25)12-22(16,23)3/h11,15-18,25H,4-10,12H2,1-3H3,(H,26,27)/t15?,16?,17?,18?,21-,22-,23-/m0/s1. The monoisotopic (exact) mass is 420 g/mol. The summed E-state index contributed by atoms with van der Waals surface area (Å²) in [5.74, 6) is -0.883. The first-order valence-electron chi connectivity index (χ1n) is 11.1. The summed E-state index contributed by atoms with van der Waals surface area (Å²) >= 11 is 0. The molecule has 0 spiro atoms. The van der Waals surface area contributed by atoms with Crippen LogP contribution in [0.5, 0.6) is 0 Å². The Kier molecular flexibility index (Phi) is 5.03. The highest BCUT2D eigenvalue weighted by Crippen LogP contribution is 2.68. The van der Waals surface area contributed by atoms with Crippen molar-refractivity contribution in [2.75, 3.05) is 6.61 Å². The highest BCUT2D eigenvalue weighted by molar-refractivity contribution is 5.91. The van der Waals surface area contributed by atoms with E-state index in [1.165, 1.54) is 0 Å². The molecule has 2 N–H and O–H groups in total. The Morgan fingerprint density at radius 1 is 1.20 bits per heavy atom. The molecule has 166 valence electrons. The summed E-state index contributed by atoms with van der Waals surface area (Å²) in [6.45, 7) is 5.76. The van der Waals surface area contributed by atoms with Crippen LogP contribution in [0, 0.1) is 28.6 Å². The van der Waals surface area contributed by atoms with Gasteiger partial charge in [-0.1, -0.05) is 19.4 Å². The van der Waals surface area contributed by atoms with Gasteiger partial charge in [-0.15, -0.1) is 0 Å². The number of ketones is 1. The Labute approximate surface area is 176 Å². The van der Waals surface area contributed by atoms with Crippen molar-refractivity contribution in [2.45, 2.75) is 77.4 Å². The predicted molar refractivity (Wildman–Crippen MR) is 107 cm³/mol. The summed E-state index contributed by atoms with van der Waals surface area (Å²) in [5, 5.41) is 21.5. The number of carbonyl (C=O) groups excluding carboxylic acids is 2. The number of allylic oxidation sites excluding steroid dienone is 1. The van der Waals surface area contributed by atoms with Crippen molar-refractivity contribution < 1.29 is 34.1 Å². The van der Waals surface area contributed by atoms with E-state index in [9.17, 15) is 24.6 Å². The lowest BCUT2D eigenvalue weighted by Gasteiger charge is -2.60. The number of carboxylic acids is 1. The number of aliphatic hydroxyl groups excluding tert-OH is 1. The number of fused-ring (bicyclic) bond motifs is 5. The molecule has 0 aromatic carbocycles. The van der Waals surface area contributed by atoms with Gasteiger partial charge in [-0.05, 0) is 74.7 Å². The lowest BCUT2D eigenvalue weighted by Crippen LogP contribution is -2.62. The van der Waals surface area contributed by atoms with Gasteiger partial charge < -0.3 is 19.7 Å². The minimum absolute atomic E-state index is 0.0177. The van der Waals surface area contributed by atoms with Crippen molar-refractivity contribution in [2.24, 2.45) is 28.6 Å². The first-order chi connectivity index (χ1) is 14.1. The van der Waals surface area contributed by atoms with E-state index in [0.717, 1.165) is 24.8 Å². The Hall–Kier alpha value is -1.89. The number of aliphatic carboxylic acids is 1. The van der Waals surface area contributed by atoms with Crippen molar-refractivity contribution in [1.82, 2.24) is 0 Å². The van der Waals surface area contributed by atoms with Gasteiger partial charge in [0.15, 0.2) is 5.78 Å². The summed E-state index contributed by atoms with van der Waals surface area (Å²) < 4.78 is 10.4. The van der Waals surface area contributed by atoms with Crippen LogP contribution in [0.2, 0.25) is 0 Å². The van der Waals surface area contributed by atoms with Crippen LogP contribution in [-0.4, -0.2) is 46.4 Å². The summed E-state index contributed by atoms with van der Waals surface area (Å²) in [6.07, 6.45) is 4.01. The third-order valence-electron chi connectivity index (χ3n) is 8.88. The maximum Gasteiger partial charge on any atom is 0.509 e. The van der Waals surface area contributed by atoms with Gasteiger partial charge in [0, 0.05) is 11.8 Å². The molecule has 0 aliphatic heterocycles. The molecule has 7 atom stereocenters. The molecule has 0 amide bonds. The fourth-order valence-electron chi connectivity index (χ4n) is 7.53. The molecule has 30 heavy (non-hydrogen) atoms. The third-order valence-corrected chi connectivity index (χ3v) is 8.88. The van der Waals surface area contributed by atoms with E-state index in [4.69, 9.17) is 9.47 Å². The van der Waals surface area contributed by atoms with Crippen molar-refractivity contribution in [3.63, 3.8) is 0 Å². The summed E-state index contributed by atoms with van der Waals surface area (Å²) in [7, 11) is 0. The Morgan fingerprint density at radius 3 is 2.60 bits per heavy atom. The Balaban J connectivity index is 1.71. The van der Waals surface area contributed by atoms with Crippen LogP contribution in [0.15, 0.2) is 11.6 Å². The zero-order valence-electron chi connectivity index (χ0n) is 18.0. The fraction of sp³-hybridized carbons (Fsp3) is 0.783. The number of carbonyl (C=O) groups is 3. The molecule has 4 rings (SSSR count). The SMILES string of the molecule is CCOC(=O)O[C@]1(C(=O)O)CCC2C3CCC4=CC(=O)CC[C@]4(C)C3C(O)C[C@@]21C. The molecule has 7 heteroatoms. The normalized spacial score (nSPS) is 44.9. The Morgan fingerprint density at radius 2 is 1.93 bits per heavy atom. The van der Waals surface area contributed by atoms with Crippen LogP contribution in [0.3, 0.4) is 0 Å². The van der Waals surface area contributed by atoms with Crippen molar-refractivity contribution >= 4 is 17.9 Å². The van der Waals surface area contributed by atoms with Crippen LogP contribution in [0.4, 0.5) is 4.79 Å². The molecule has 7 nitrogen and oxygen atoms in total. The molecular weight excluding hydrogens is 388 g/mol. The number of ether oxygens (including phenoxy) is 2. The van der Waals surface area contributed by atoms with Gasteiger partial charge in [0.2, 0.25) is 5.60 Å². The molecular formula is C23H32O7. The van der Waals surface area contributed by atoms with Crippen molar-refractivity contribution in [3.8, 4) is 0 Å². The highest BCUT2D eigenvalue weighted by atomic mass is 16.7. The number of hydrogen-bond donors (Lipinski definition) is 2. The number of aliphatic hydroxyl groups is 1. The lowest BCUT2D eigenvalue weighted by molar-refractivity contribution is -0.198. The first kappa shape index (κ1) is 21.3. The van der Waals surface area contributed by atoms with Gasteiger partial charge in [0.05, 0.1) is 12.7 Å². The molecule has 0 aromatic heterocycles. The molecule has 4 unspecified atom stereocenters. The van der Waals surface area contributed by atoms with E-state index >= 15 is 0 Å². The van der Waals surface area contributed by atoms with E-state index in [-0.39, 0.29) is 48.4 Å². The van der Waals surface area contributed by atoms with Crippen molar-refractivity contribution in [3.05, 3.63) is 11.6 Å². The number of carboxylic acid groups (broad SMARTS) is 1. The van der Waals surface area contributed by atoms with E-state index in [2.05, 4.69) is 6.92 Å². The minimum Gasteiger partial charge on any atom is -0.478 e. The second kappa shape index (κ2) is 7.08. The van der Waals surface area contributed by atoms with Gasteiger partial charge in [0.25, 0.3) is 0 Å². The third kappa shape index (κ3) is 2.77. The molecule has 0 heterocycles. The zero-order valence-corrected chi connectivity index (χ0v) is 18.0. The van der Waals surface area contributed by atoms with E-state index in [0.29, 0.717) is 12.8 Å². The van der Waals surface area contributed by atoms with Crippen LogP contribution < -0.4 is 0 Å². The van der Waals surface area contributed by atoms with Gasteiger partial charge in [-0.2, -0.15) is 0 Å². The molecule has 3 fully saturated rings. The van der Waals surface area contributed by atoms with Gasteiger partial charge >= 0.3 is 12.1 Å². The quantitative estimate of drug-likeness (QED) is 0.673. The topological polar surface area (TPSA) is 110 Å². The summed E-state index contributed by atoms with van der Waals surface area (Å²) in [5.41, 5.74) is -1.69. The fourth-order valence-corrected chi connectivity index (χ4v) is 7.53. The van der Waals surface area contributed by atoms with E-state index < -0.39 is 29.2 Å². The molecule has 4 aliphatic rings. The van der Waals surface area contributed by atoms with Crippen LogP contribution in [-0.2, 0) is 19.1 Å². The average molecular weight is 421 g/mol. The largest absolute Gasteiger partial charge is 0.509 e. The van der Waals surface area contributed by atoms with Crippen LogP contribution >= 0.6 is 0 Å². The summed E-state index contributed by atoms with van der Waals surface area (Å²) in [6, 6.07) is 0. The summed E-state index contributed by atoms with van der Waals surface area (Å²) in [4.78, 5) is 36.6. The molecule has 0 saturated heterocycles. The molecule has 3 saturated carbocycles. The maximum atomic E-state index is 12.5. The van der Waals surface area contributed by atoms with E-state index in [1.807, 2.05) is 6.92 Å². The number of rotatable bonds is 3. The molecule has 0 radical (unpaired) electrons. The second-order valence-corrected chi connectivity index (χ2v) is 10.0. The van der Waals surface area contributed by atoms with Gasteiger partial charge in [0.1, 0.15) is 0 Å². The van der Waals surface area contributed by atoms with Gasteiger partial charge in [-0.3, -0.25) is 4.79 Å². The Bertz CT molecular complexity index is 803. The molecule has 0 bridgehead atoms. The minimum atomic E-state index is -1.70. The number of hydrogen-bond acceptors (Lipinski definition) is 6. The van der Waals surface area contributed by atoms with Crippen LogP contribution in [0.1, 0.15) is 65.7 Å². The predicted octanol–water partition coefficient (Wildman–Crippen LogP) is 3.49.